The average molecular weight is 313 g/mol. The summed E-state index contributed by atoms with van der Waals surface area (Å²) in [5, 5.41) is 9.96. The van der Waals surface area contributed by atoms with Gasteiger partial charge in [-0.15, -0.1) is 0 Å². The lowest BCUT2D eigenvalue weighted by Crippen LogP contribution is -2.16. The Morgan fingerprint density at radius 3 is 2.50 bits per heavy atom. The summed E-state index contributed by atoms with van der Waals surface area (Å²) in [4.78, 5) is 11.4. The highest BCUT2D eigenvalue weighted by Gasteiger charge is 2.26. The quantitative estimate of drug-likeness (QED) is 0.899. The van der Waals surface area contributed by atoms with Gasteiger partial charge in [-0.1, -0.05) is 41.4 Å². The predicted octanol–water partition coefficient (Wildman–Crippen LogP) is 4.54. The van der Waals surface area contributed by atoms with E-state index in [0.29, 0.717) is 10.6 Å². The molecule has 0 radical (unpaired) electrons. The van der Waals surface area contributed by atoms with E-state index < -0.39 is 17.7 Å². The van der Waals surface area contributed by atoms with Gasteiger partial charge in [0.1, 0.15) is 5.82 Å². The van der Waals surface area contributed by atoms with Crippen molar-refractivity contribution in [2.75, 3.05) is 0 Å². The third kappa shape index (κ3) is 3.30. The molecule has 2 nitrogen and oxygen atoms in total. The zero-order valence-electron chi connectivity index (χ0n) is 10.3. The number of halogens is 3. The minimum atomic E-state index is -1.13. The Labute approximate surface area is 125 Å². The molecule has 1 N–H and O–H groups in total. The van der Waals surface area contributed by atoms with Crippen LogP contribution in [0.2, 0.25) is 10.0 Å². The van der Waals surface area contributed by atoms with E-state index in [1.54, 1.807) is 24.3 Å². The first-order chi connectivity index (χ1) is 9.49. The number of carboxylic acid groups (broad SMARTS) is 1. The van der Waals surface area contributed by atoms with Gasteiger partial charge < -0.3 is 5.11 Å². The smallest absolute Gasteiger partial charge is 0.311 e. The molecule has 0 bridgehead atoms. The van der Waals surface area contributed by atoms with Crippen LogP contribution < -0.4 is 0 Å². The van der Waals surface area contributed by atoms with Crippen LogP contribution in [0.25, 0.3) is 0 Å². The zero-order valence-corrected chi connectivity index (χ0v) is 11.8. The molecule has 2 rings (SSSR count). The number of aliphatic carboxylic acids is 1. The zero-order chi connectivity index (χ0) is 14.7. The molecule has 0 aliphatic carbocycles. The van der Waals surface area contributed by atoms with Crippen molar-refractivity contribution in [2.45, 2.75) is 12.3 Å². The molecule has 0 spiro atoms. The van der Waals surface area contributed by atoms with E-state index in [4.69, 9.17) is 23.2 Å². The summed E-state index contributed by atoms with van der Waals surface area (Å²) in [6, 6.07) is 10.9. The normalized spacial score (nSPS) is 12.2. The molecular weight excluding hydrogens is 302 g/mol. The van der Waals surface area contributed by atoms with Crippen LogP contribution in [-0.2, 0) is 11.2 Å². The summed E-state index contributed by atoms with van der Waals surface area (Å²) in [5.41, 5.74) is 0.714. The van der Waals surface area contributed by atoms with Gasteiger partial charge in [-0.3, -0.25) is 4.79 Å². The third-order valence-electron chi connectivity index (χ3n) is 2.98. The van der Waals surface area contributed by atoms with Gasteiger partial charge in [0.05, 0.1) is 5.92 Å². The second-order valence-electron chi connectivity index (χ2n) is 4.36. The SMILES string of the molecule is O=C(O)C(Cc1cccc(Cl)c1)c1c(F)cccc1Cl. The summed E-state index contributed by atoms with van der Waals surface area (Å²) in [6.45, 7) is 0. The van der Waals surface area contributed by atoms with Gasteiger partial charge in [0.25, 0.3) is 0 Å². The van der Waals surface area contributed by atoms with E-state index in [9.17, 15) is 14.3 Å². The first-order valence-corrected chi connectivity index (χ1v) is 6.66. The van der Waals surface area contributed by atoms with E-state index in [-0.39, 0.29) is 17.0 Å². The summed E-state index contributed by atoms with van der Waals surface area (Å²) in [6.07, 6.45) is 0.122. The van der Waals surface area contributed by atoms with E-state index in [2.05, 4.69) is 0 Å². The van der Waals surface area contributed by atoms with Crippen LogP contribution in [0.1, 0.15) is 17.0 Å². The fourth-order valence-electron chi connectivity index (χ4n) is 2.06. The maximum Gasteiger partial charge on any atom is 0.311 e. The number of carboxylic acids is 1. The molecule has 20 heavy (non-hydrogen) atoms. The van der Waals surface area contributed by atoms with Crippen LogP contribution in [0.4, 0.5) is 4.39 Å². The van der Waals surface area contributed by atoms with Crippen LogP contribution in [0, 0.1) is 5.82 Å². The molecule has 1 unspecified atom stereocenters. The van der Waals surface area contributed by atoms with Crippen molar-refractivity contribution in [1.29, 1.82) is 0 Å². The van der Waals surface area contributed by atoms with E-state index in [1.807, 2.05) is 0 Å². The number of carbonyl (C=O) groups is 1. The van der Waals surface area contributed by atoms with Crippen LogP contribution in [0.15, 0.2) is 42.5 Å². The van der Waals surface area contributed by atoms with Crippen molar-refractivity contribution in [2.24, 2.45) is 0 Å². The maximum absolute atomic E-state index is 13.9. The van der Waals surface area contributed by atoms with Gasteiger partial charge in [-0.2, -0.15) is 0 Å². The van der Waals surface area contributed by atoms with Crippen molar-refractivity contribution in [3.63, 3.8) is 0 Å². The van der Waals surface area contributed by atoms with Crippen molar-refractivity contribution in [1.82, 2.24) is 0 Å². The largest absolute Gasteiger partial charge is 0.481 e. The molecule has 0 amide bonds. The van der Waals surface area contributed by atoms with Crippen LogP contribution in [-0.4, -0.2) is 11.1 Å². The monoisotopic (exact) mass is 312 g/mol. The number of rotatable bonds is 4. The topological polar surface area (TPSA) is 37.3 Å². The molecule has 104 valence electrons. The molecule has 0 saturated heterocycles. The second-order valence-corrected chi connectivity index (χ2v) is 5.20. The molecular formula is C15H11Cl2FO2. The lowest BCUT2D eigenvalue weighted by Gasteiger charge is -2.15. The number of hydrogen-bond acceptors (Lipinski definition) is 1. The van der Waals surface area contributed by atoms with Gasteiger partial charge >= 0.3 is 5.97 Å². The second kappa shape index (κ2) is 6.25. The molecule has 0 aliphatic rings. The van der Waals surface area contributed by atoms with Gasteiger partial charge in [-0.25, -0.2) is 4.39 Å². The lowest BCUT2D eigenvalue weighted by molar-refractivity contribution is -0.138. The minimum absolute atomic E-state index is 0.00152. The molecule has 0 aliphatic heterocycles. The van der Waals surface area contributed by atoms with Gasteiger partial charge in [0, 0.05) is 15.6 Å². The minimum Gasteiger partial charge on any atom is -0.481 e. The molecule has 0 heterocycles. The fraction of sp³-hybridized carbons (Fsp3) is 0.133. The van der Waals surface area contributed by atoms with Crippen molar-refractivity contribution in [3.8, 4) is 0 Å². The molecule has 1 atom stereocenters. The number of hydrogen-bond donors (Lipinski definition) is 1. The number of benzene rings is 2. The Morgan fingerprint density at radius 2 is 1.90 bits per heavy atom. The average Bonchev–Trinajstić information content (AvgIpc) is 2.37. The Bertz CT molecular complexity index is 623. The Balaban J connectivity index is 2.40. The fourth-order valence-corrected chi connectivity index (χ4v) is 2.56. The Kier molecular flexibility index (Phi) is 4.63. The van der Waals surface area contributed by atoms with E-state index in [0.717, 1.165) is 0 Å². The van der Waals surface area contributed by atoms with E-state index >= 15 is 0 Å². The highest BCUT2D eigenvalue weighted by molar-refractivity contribution is 6.31. The maximum atomic E-state index is 13.9. The predicted molar refractivity (Wildman–Crippen MR) is 76.9 cm³/mol. The first-order valence-electron chi connectivity index (χ1n) is 5.90. The Morgan fingerprint density at radius 1 is 1.20 bits per heavy atom. The summed E-state index contributed by atoms with van der Waals surface area (Å²) >= 11 is 11.8. The Hall–Kier alpha value is -1.58. The molecule has 0 fully saturated rings. The third-order valence-corrected chi connectivity index (χ3v) is 3.54. The molecule has 2 aromatic carbocycles. The molecule has 5 heteroatoms. The van der Waals surface area contributed by atoms with Crippen LogP contribution in [0.5, 0.6) is 0 Å². The van der Waals surface area contributed by atoms with Crippen molar-refractivity contribution in [3.05, 3.63) is 69.5 Å². The van der Waals surface area contributed by atoms with Crippen LogP contribution in [0.3, 0.4) is 0 Å². The molecule has 0 aromatic heterocycles. The summed E-state index contributed by atoms with van der Waals surface area (Å²) in [7, 11) is 0. The van der Waals surface area contributed by atoms with Gasteiger partial charge in [0.15, 0.2) is 0 Å². The van der Waals surface area contributed by atoms with E-state index in [1.165, 1.54) is 18.2 Å². The first kappa shape index (κ1) is 14.8. The van der Waals surface area contributed by atoms with Gasteiger partial charge in [-0.05, 0) is 36.2 Å². The standard InChI is InChI=1S/C15H11Cl2FO2/c16-10-4-1-3-9(7-10)8-11(15(19)20)14-12(17)5-2-6-13(14)18/h1-7,11H,8H2,(H,19,20). The van der Waals surface area contributed by atoms with Crippen molar-refractivity contribution >= 4 is 29.2 Å². The molecule has 0 saturated carbocycles. The van der Waals surface area contributed by atoms with Crippen molar-refractivity contribution < 1.29 is 14.3 Å². The van der Waals surface area contributed by atoms with Crippen LogP contribution >= 0.6 is 23.2 Å². The van der Waals surface area contributed by atoms with Gasteiger partial charge in [0.2, 0.25) is 0 Å². The summed E-state index contributed by atoms with van der Waals surface area (Å²) in [5.74, 6) is -2.80. The highest BCUT2D eigenvalue weighted by atomic mass is 35.5. The highest BCUT2D eigenvalue weighted by Crippen LogP contribution is 2.30. The molecule has 2 aromatic rings. The lowest BCUT2D eigenvalue weighted by atomic mass is 9.91. The summed E-state index contributed by atoms with van der Waals surface area (Å²) < 4.78 is 13.9.